The van der Waals surface area contributed by atoms with E-state index in [0.29, 0.717) is 5.95 Å². The summed E-state index contributed by atoms with van der Waals surface area (Å²) in [5.41, 5.74) is 6.13. The van der Waals surface area contributed by atoms with E-state index < -0.39 is 5.97 Å². The van der Waals surface area contributed by atoms with Gasteiger partial charge in [0.15, 0.2) is 0 Å². The van der Waals surface area contributed by atoms with Crippen LogP contribution in [-0.2, 0) is 4.74 Å². The van der Waals surface area contributed by atoms with Crippen molar-refractivity contribution in [1.29, 1.82) is 0 Å². The molecular weight excluding hydrogens is 356 g/mol. The van der Waals surface area contributed by atoms with Gasteiger partial charge >= 0.3 is 5.97 Å². The molecular formula is C20H22N6O2. The highest BCUT2D eigenvalue weighted by Crippen LogP contribution is 2.22. The summed E-state index contributed by atoms with van der Waals surface area (Å²) in [5.74, 6) is 1.13. The fourth-order valence-corrected chi connectivity index (χ4v) is 3.28. The van der Waals surface area contributed by atoms with Gasteiger partial charge in [0, 0.05) is 44.0 Å². The highest BCUT2D eigenvalue weighted by atomic mass is 16.5. The summed E-state index contributed by atoms with van der Waals surface area (Å²) in [6.45, 7) is 5.11. The second kappa shape index (κ2) is 7.67. The van der Waals surface area contributed by atoms with E-state index in [2.05, 4.69) is 43.0 Å². The number of nitrogens with two attached hydrogens (primary N) is 1. The van der Waals surface area contributed by atoms with Gasteiger partial charge in [0.2, 0.25) is 5.95 Å². The molecule has 0 spiro atoms. The Labute approximate surface area is 163 Å². The summed E-state index contributed by atoms with van der Waals surface area (Å²) in [7, 11) is 0. The molecule has 4 rings (SSSR count). The zero-order chi connectivity index (χ0) is 19.5. The van der Waals surface area contributed by atoms with Crippen LogP contribution in [0.25, 0.3) is 10.8 Å². The van der Waals surface area contributed by atoms with Crippen molar-refractivity contribution in [2.45, 2.75) is 6.92 Å². The van der Waals surface area contributed by atoms with Gasteiger partial charge < -0.3 is 20.3 Å². The van der Waals surface area contributed by atoms with Crippen LogP contribution < -0.4 is 15.5 Å². The zero-order valence-electron chi connectivity index (χ0n) is 15.7. The molecule has 0 radical (unpaired) electrons. The number of pyridine rings is 1. The number of nitrogens with zero attached hydrogens (tertiary/aromatic N) is 5. The van der Waals surface area contributed by atoms with Gasteiger partial charge in [0.25, 0.3) is 0 Å². The quantitative estimate of drug-likeness (QED) is 0.690. The normalized spacial score (nSPS) is 14.3. The SMILES string of the molecule is CCOC(=O)c1cnc(N2CCN(c3cc4ccccc4cn3)CC2)nc1N. The van der Waals surface area contributed by atoms with Crippen LogP contribution in [0.1, 0.15) is 17.3 Å². The van der Waals surface area contributed by atoms with E-state index in [4.69, 9.17) is 10.5 Å². The van der Waals surface area contributed by atoms with Gasteiger partial charge in [-0.25, -0.2) is 14.8 Å². The summed E-state index contributed by atoms with van der Waals surface area (Å²) < 4.78 is 4.96. The number of benzene rings is 1. The standard InChI is InChI=1S/C20H22N6O2/c1-2-28-19(27)16-13-23-20(24-18(16)21)26-9-7-25(8-10-26)17-11-14-5-3-4-6-15(14)12-22-17/h3-6,11-13H,2,7-10H2,1H3,(H2,21,23,24). The Bertz CT molecular complexity index is 1000. The summed E-state index contributed by atoms with van der Waals surface area (Å²) in [6.07, 6.45) is 3.35. The van der Waals surface area contributed by atoms with E-state index in [-0.39, 0.29) is 18.0 Å². The average molecular weight is 378 g/mol. The maximum atomic E-state index is 11.8. The summed E-state index contributed by atoms with van der Waals surface area (Å²) in [5, 5.41) is 2.32. The maximum Gasteiger partial charge on any atom is 0.343 e. The summed E-state index contributed by atoms with van der Waals surface area (Å²) in [6, 6.07) is 10.3. The summed E-state index contributed by atoms with van der Waals surface area (Å²) >= 11 is 0. The Morgan fingerprint density at radius 1 is 1.07 bits per heavy atom. The Balaban J connectivity index is 1.44. The van der Waals surface area contributed by atoms with Crippen molar-refractivity contribution in [1.82, 2.24) is 15.0 Å². The fourth-order valence-electron chi connectivity index (χ4n) is 3.28. The lowest BCUT2D eigenvalue weighted by Crippen LogP contribution is -2.47. The lowest BCUT2D eigenvalue weighted by Gasteiger charge is -2.35. The number of esters is 1. The Morgan fingerprint density at radius 2 is 1.79 bits per heavy atom. The van der Waals surface area contributed by atoms with E-state index in [1.54, 1.807) is 6.92 Å². The third-order valence-electron chi connectivity index (χ3n) is 4.80. The number of piperazine rings is 1. The predicted octanol–water partition coefficient (Wildman–Crippen LogP) is 2.11. The van der Waals surface area contributed by atoms with E-state index >= 15 is 0 Å². The van der Waals surface area contributed by atoms with Gasteiger partial charge in [-0.05, 0) is 18.4 Å². The maximum absolute atomic E-state index is 11.8. The van der Waals surface area contributed by atoms with Crippen LogP contribution in [0.15, 0.2) is 42.7 Å². The zero-order valence-corrected chi connectivity index (χ0v) is 15.7. The predicted molar refractivity (Wildman–Crippen MR) is 109 cm³/mol. The number of hydrogen-bond donors (Lipinski definition) is 1. The number of nitrogen functional groups attached to an aromatic ring is 1. The molecule has 1 aliphatic heterocycles. The largest absolute Gasteiger partial charge is 0.462 e. The van der Waals surface area contributed by atoms with Crippen LogP contribution >= 0.6 is 0 Å². The molecule has 1 saturated heterocycles. The Morgan fingerprint density at radius 3 is 2.50 bits per heavy atom. The lowest BCUT2D eigenvalue weighted by atomic mass is 10.2. The molecule has 1 aliphatic rings. The molecule has 144 valence electrons. The molecule has 8 heteroatoms. The fraction of sp³-hybridized carbons (Fsp3) is 0.300. The minimum atomic E-state index is -0.501. The third-order valence-corrected chi connectivity index (χ3v) is 4.80. The second-order valence-corrected chi connectivity index (χ2v) is 6.55. The first-order chi connectivity index (χ1) is 13.7. The molecule has 0 aliphatic carbocycles. The molecule has 1 fully saturated rings. The molecule has 0 saturated carbocycles. The van der Waals surface area contributed by atoms with Gasteiger partial charge in [-0.15, -0.1) is 0 Å². The first-order valence-corrected chi connectivity index (χ1v) is 9.30. The van der Waals surface area contributed by atoms with E-state index in [9.17, 15) is 4.79 Å². The number of aromatic nitrogens is 3. The number of ether oxygens (including phenoxy) is 1. The molecule has 0 amide bonds. The van der Waals surface area contributed by atoms with Crippen molar-refractivity contribution in [3.05, 3.63) is 48.3 Å². The van der Waals surface area contributed by atoms with E-state index in [1.165, 1.54) is 11.6 Å². The number of rotatable bonds is 4. The van der Waals surface area contributed by atoms with Crippen molar-refractivity contribution in [2.24, 2.45) is 0 Å². The molecule has 0 atom stereocenters. The van der Waals surface area contributed by atoms with Crippen molar-refractivity contribution < 1.29 is 9.53 Å². The molecule has 3 aromatic rings. The lowest BCUT2D eigenvalue weighted by molar-refractivity contribution is 0.0527. The molecule has 0 bridgehead atoms. The first kappa shape index (κ1) is 18.0. The monoisotopic (exact) mass is 378 g/mol. The van der Waals surface area contributed by atoms with Crippen molar-refractivity contribution >= 4 is 34.3 Å². The Kier molecular flexibility index (Phi) is 4.92. The van der Waals surface area contributed by atoms with Gasteiger partial charge in [-0.3, -0.25) is 0 Å². The van der Waals surface area contributed by atoms with Gasteiger partial charge in [0.1, 0.15) is 17.2 Å². The van der Waals surface area contributed by atoms with Crippen molar-refractivity contribution in [3.63, 3.8) is 0 Å². The van der Waals surface area contributed by atoms with Crippen LogP contribution in [0.2, 0.25) is 0 Å². The molecule has 3 heterocycles. The van der Waals surface area contributed by atoms with Gasteiger partial charge in [0.05, 0.1) is 6.61 Å². The summed E-state index contributed by atoms with van der Waals surface area (Å²) in [4.78, 5) is 29.3. The van der Waals surface area contributed by atoms with Crippen molar-refractivity contribution in [3.8, 4) is 0 Å². The van der Waals surface area contributed by atoms with Crippen LogP contribution in [0.3, 0.4) is 0 Å². The minimum Gasteiger partial charge on any atom is -0.462 e. The molecule has 1 aromatic carbocycles. The molecule has 8 nitrogen and oxygen atoms in total. The van der Waals surface area contributed by atoms with Gasteiger partial charge in [-0.1, -0.05) is 24.3 Å². The topological polar surface area (TPSA) is 97.5 Å². The molecule has 28 heavy (non-hydrogen) atoms. The Hall–Kier alpha value is -3.42. The molecule has 0 unspecified atom stereocenters. The van der Waals surface area contributed by atoms with E-state index in [0.717, 1.165) is 37.4 Å². The van der Waals surface area contributed by atoms with Crippen LogP contribution in [-0.4, -0.2) is 53.7 Å². The second-order valence-electron chi connectivity index (χ2n) is 6.55. The average Bonchev–Trinajstić information content (AvgIpc) is 2.73. The number of carbonyl (C=O) groups is 1. The third kappa shape index (κ3) is 3.53. The molecule has 2 aromatic heterocycles. The number of hydrogen-bond acceptors (Lipinski definition) is 8. The van der Waals surface area contributed by atoms with Crippen LogP contribution in [0.5, 0.6) is 0 Å². The van der Waals surface area contributed by atoms with E-state index in [1.807, 2.05) is 18.3 Å². The number of carbonyl (C=O) groups excluding carboxylic acids is 1. The van der Waals surface area contributed by atoms with Crippen LogP contribution in [0, 0.1) is 0 Å². The number of fused-ring (bicyclic) bond motifs is 1. The highest BCUT2D eigenvalue weighted by Gasteiger charge is 2.22. The smallest absolute Gasteiger partial charge is 0.343 e. The first-order valence-electron chi connectivity index (χ1n) is 9.30. The molecule has 2 N–H and O–H groups in total. The van der Waals surface area contributed by atoms with Gasteiger partial charge in [-0.2, -0.15) is 4.98 Å². The minimum absolute atomic E-state index is 0.141. The van der Waals surface area contributed by atoms with Crippen molar-refractivity contribution in [2.75, 3.05) is 48.3 Å². The highest BCUT2D eigenvalue weighted by molar-refractivity contribution is 5.93. The van der Waals surface area contributed by atoms with Crippen LogP contribution in [0.4, 0.5) is 17.6 Å². The number of anilines is 3.